The van der Waals surface area contributed by atoms with E-state index in [0.29, 0.717) is 6.10 Å². The molecule has 1 nitrogen and oxygen atoms in total. The lowest BCUT2D eigenvalue weighted by atomic mass is 9.97. The van der Waals surface area contributed by atoms with Crippen LogP contribution in [0.15, 0.2) is 0 Å². The van der Waals surface area contributed by atoms with Crippen molar-refractivity contribution in [3.8, 4) is 0 Å². The molecule has 1 heterocycles. The number of hydrogen-bond acceptors (Lipinski definition) is 1. The van der Waals surface area contributed by atoms with Crippen molar-refractivity contribution in [3.63, 3.8) is 0 Å². The number of rotatable bonds is 2. The van der Waals surface area contributed by atoms with Gasteiger partial charge in [-0.2, -0.15) is 0 Å². The van der Waals surface area contributed by atoms with Gasteiger partial charge in [-0.25, -0.2) is 0 Å². The molecule has 2 heteroatoms. The maximum absolute atomic E-state index is 5.52. The Hall–Kier alpha value is 0.250. The third kappa shape index (κ3) is 1.15. The molecule has 2 atom stereocenters. The second-order valence-electron chi connectivity index (χ2n) is 2.28. The topological polar surface area (TPSA) is 9.23 Å². The second kappa shape index (κ2) is 2.70. The van der Waals surface area contributed by atoms with Crippen LogP contribution in [0, 0.1) is 5.92 Å². The minimum atomic E-state index is 0.466. The molecule has 0 spiro atoms. The molecule has 8 heavy (non-hydrogen) atoms. The molecule has 0 amide bonds. The van der Waals surface area contributed by atoms with Crippen LogP contribution in [0.5, 0.6) is 0 Å². The zero-order chi connectivity index (χ0) is 5.98. The molecule has 0 aromatic rings. The van der Waals surface area contributed by atoms with E-state index < -0.39 is 0 Å². The fourth-order valence-corrected chi connectivity index (χ4v) is 1.16. The van der Waals surface area contributed by atoms with Gasteiger partial charge < -0.3 is 4.74 Å². The lowest BCUT2D eigenvalue weighted by Crippen LogP contribution is -2.37. The summed E-state index contributed by atoms with van der Waals surface area (Å²) < 4.78 is 5.14. The molecule has 1 saturated heterocycles. The average Bonchev–Trinajstić information content (AvgIpc) is 1.79. The van der Waals surface area contributed by atoms with Gasteiger partial charge in [0.25, 0.3) is 0 Å². The Balaban J connectivity index is 2.08. The van der Waals surface area contributed by atoms with Crippen LogP contribution in [0.3, 0.4) is 0 Å². The highest BCUT2D eigenvalue weighted by atomic mass is 35.5. The molecule has 1 aliphatic rings. The summed E-state index contributed by atoms with van der Waals surface area (Å²) in [5, 5.41) is 0. The summed E-state index contributed by atoms with van der Waals surface area (Å²) in [7, 11) is 0. The van der Waals surface area contributed by atoms with Crippen LogP contribution in [0.4, 0.5) is 0 Å². The Morgan fingerprint density at radius 1 is 1.75 bits per heavy atom. The molecule has 0 bridgehead atoms. The first kappa shape index (κ1) is 6.37. The van der Waals surface area contributed by atoms with E-state index in [1.807, 2.05) is 0 Å². The SMILES string of the molecule is CC1OCC1CCCl. The summed E-state index contributed by atoms with van der Waals surface area (Å²) >= 11 is 5.52. The van der Waals surface area contributed by atoms with E-state index in [9.17, 15) is 0 Å². The third-order valence-corrected chi connectivity index (χ3v) is 1.94. The molecule has 1 aliphatic heterocycles. The van der Waals surface area contributed by atoms with Crippen molar-refractivity contribution in [2.75, 3.05) is 12.5 Å². The van der Waals surface area contributed by atoms with Crippen LogP contribution in [-0.2, 0) is 4.74 Å². The lowest BCUT2D eigenvalue weighted by Gasteiger charge is -2.33. The van der Waals surface area contributed by atoms with E-state index in [1.54, 1.807) is 0 Å². The first-order valence-electron chi connectivity index (χ1n) is 3.02. The number of halogens is 1. The molecule has 1 fully saturated rings. The van der Waals surface area contributed by atoms with E-state index in [4.69, 9.17) is 16.3 Å². The van der Waals surface area contributed by atoms with Gasteiger partial charge in [0, 0.05) is 11.8 Å². The fourth-order valence-electron chi connectivity index (χ4n) is 0.883. The van der Waals surface area contributed by atoms with Crippen LogP contribution < -0.4 is 0 Å². The third-order valence-electron chi connectivity index (χ3n) is 1.72. The van der Waals surface area contributed by atoms with Gasteiger partial charge in [-0.3, -0.25) is 0 Å². The predicted octanol–water partition coefficient (Wildman–Crippen LogP) is 1.65. The summed E-state index contributed by atoms with van der Waals surface area (Å²) in [5.41, 5.74) is 0. The van der Waals surface area contributed by atoms with Gasteiger partial charge in [-0.1, -0.05) is 0 Å². The molecule has 0 saturated carbocycles. The van der Waals surface area contributed by atoms with Crippen molar-refractivity contribution in [3.05, 3.63) is 0 Å². The van der Waals surface area contributed by atoms with Gasteiger partial charge in [-0.15, -0.1) is 11.6 Å². The summed E-state index contributed by atoms with van der Waals surface area (Å²) in [4.78, 5) is 0. The molecule has 48 valence electrons. The molecule has 0 N–H and O–H groups in total. The van der Waals surface area contributed by atoms with Gasteiger partial charge in [-0.05, 0) is 13.3 Å². The van der Waals surface area contributed by atoms with Crippen molar-refractivity contribution in [1.29, 1.82) is 0 Å². The zero-order valence-corrected chi connectivity index (χ0v) is 5.82. The van der Waals surface area contributed by atoms with Crippen molar-refractivity contribution in [2.24, 2.45) is 5.92 Å². The predicted molar refractivity (Wildman–Crippen MR) is 34.2 cm³/mol. The van der Waals surface area contributed by atoms with E-state index in [0.717, 1.165) is 24.8 Å². The second-order valence-corrected chi connectivity index (χ2v) is 2.65. The van der Waals surface area contributed by atoms with Gasteiger partial charge in [0.2, 0.25) is 0 Å². The molecule has 0 radical (unpaired) electrons. The average molecular weight is 135 g/mol. The molecular formula is C6H11ClO. The lowest BCUT2D eigenvalue weighted by molar-refractivity contribution is -0.103. The Morgan fingerprint density at radius 2 is 2.50 bits per heavy atom. The van der Waals surface area contributed by atoms with Crippen LogP contribution in [-0.4, -0.2) is 18.6 Å². The molecule has 0 aromatic heterocycles. The maximum Gasteiger partial charge on any atom is 0.0597 e. The first-order valence-corrected chi connectivity index (χ1v) is 3.55. The Bertz CT molecular complexity index is 74.9. The Kier molecular flexibility index (Phi) is 2.15. The summed E-state index contributed by atoms with van der Waals surface area (Å²) in [5.74, 6) is 1.52. The molecule has 1 rings (SSSR count). The van der Waals surface area contributed by atoms with Gasteiger partial charge in [0.15, 0.2) is 0 Å². The van der Waals surface area contributed by atoms with E-state index in [-0.39, 0.29) is 0 Å². The highest BCUT2D eigenvalue weighted by Gasteiger charge is 2.26. The molecule has 2 unspecified atom stereocenters. The van der Waals surface area contributed by atoms with Crippen LogP contribution in [0.25, 0.3) is 0 Å². The molecule has 0 aliphatic carbocycles. The van der Waals surface area contributed by atoms with Gasteiger partial charge in [0.05, 0.1) is 12.7 Å². The van der Waals surface area contributed by atoms with Gasteiger partial charge >= 0.3 is 0 Å². The minimum absolute atomic E-state index is 0.466. The van der Waals surface area contributed by atoms with E-state index in [2.05, 4.69) is 6.92 Å². The number of alkyl halides is 1. The Morgan fingerprint density at radius 3 is 2.62 bits per heavy atom. The Labute approximate surface area is 55.0 Å². The van der Waals surface area contributed by atoms with E-state index >= 15 is 0 Å². The highest BCUT2D eigenvalue weighted by Crippen LogP contribution is 2.22. The van der Waals surface area contributed by atoms with Crippen LogP contribution in [0.1, 0.15) is 13.3 Å². The van der Waals surface area contributed by atoms with Crippen molar-refractivity contribution >= 4 is 11.6 Å². The number of hydrogen-bond donors (Lipinski definition) is 0. The largest absolute Gasteiger partial charge is 0.378 e. The van der Waals surface area contributed by atoms with Crippen molar-refractivity contribution in [1.82, 2.24) is 0 Å². The van der Waals surface area contributed by atoms with Gasteiger partial charge in [0.1, 0.15) is 0 Å². The zero-order valence-electron chi connectivity index (χ0n) is 5.06. The quantitative estimate of drug-likeness (QED) is 0.522. The van der Waals surface area contributed by atoms with Crippen molar-refractivity contribution < 1.29 is 4.74 Å². The molecular weight excluding hydrogens is 124 g/mol. The minimum Gasteiger partial charge on any atom is -0.378 e. The number of ether oxygens (including phenoxy) is 1. The molecule has 0 aromatic carbocycles. The van der Waals surface area contributed by atoms with Crippen molar-refractivity contribution in [2.45, 2.75) is 19.4 Å². The smallest absolute Gasteiger partial charge is 0.0597 e. The van der Waals surface area contributed by atoms with Crippen LogP contribution >= 0.6 is 11.6 Å². The van der Waals surface area contributed by atoms with E-state index in [1.165, 1.54) is 0 Å². The summed E-state index contributed by atoms with van der Waals surface area (Å²) in [6, 6.07) is 0. The normalized spacial score (nSPS) is 36.8. The summed E-state index contributed by atoms with van der Waals surface area (Å²) in [6.45, 7) is 3.02. The van der Waals surface area contributed by atoms with Crippen LogP contribution in [0.2, 0.25) is 0 Å². The highest BCUT2D eigenvalue weighted by molar-refractivity contribution is 6.17. The standard InChI is InChI=1S/C6H11ClO/c1-5-6(2-3-7)4-8-5/h5-6H,2-4H2,1H3. The maximum atomic E-state index is 5.52. The monoisotopic (exact) mass is 134 g/mol. The first-order chi connectivity index (χ1) is 3.84. The summed E-state index contributed by atoms with van der Waals surface area (Å²) in [6.07, 6.45) is 1.58. The fraction of sp³-hybridized carbons (Fsp3) is 1.00.